The molecule has 0 aromatic carbocycles. The van der Waals surface area contributed by atoms with Gasteiger partial charge in [-0.05, 0) is 31.4 Å². The molecular weight excluding hydrogens is 186 g/mol. The van der Waals surface area contributed by atoms with Crippen LogP contribution in [0.1, 0.15) is 44.1 Å². The molecule has 0 spiro atoms. The largest absolute Gasteiger partial charge is 0.313 e. The number of hydrogen-bond acceptors (Lipinski definition) is 3. The maximum Gasteiger partial charge on any atom is 0.115 e. The Morgan fingerprint density at radius 1 is 1.33 bits per heavy atom. The van der Waals surface area contributed by atoms with E-state index < -0.39 is 0 Å². The lowest BCUT2D eigenvalue weighted by molar-refractivity contribution is 0.477. The third-order valence-corrected chi connectivity index (χ3v) is 3.18. The van der Waals surface area contributed by atoms with Crippen LogP contribution in [-0.4, -0.2) is 22.6 Å². The van der Waals surface area contributed by atoms with Crippen molar-refractivity contribution in [3.8, 4) is 0 Å². The molecule has 3 nitrogen and oxygen atoms in total. The van der Waals surface area contributed by atoms with Crippen LogP contribution in [0.5, 0.6) is 0 Å². The second-order valence-corrected chi connectivity index (χ2v) is 4.27. The Kier molecular flexibility index (Phi) is 3.67. The van der Waals surface area contributed by atoms with Crippen LogP contribution in [0, 0.1) is 0 Å². The normalized spacial score (nSPS) is 25.7. The summed E-state index contributed by atoms with van der Waals surface area (Å²) in [6.45, 7) is 3.33. The highest BCUT2D eigenvalue weighted by atomic mass is 14.9. The van der Waals surface area contributed by atoms with Crippen LogP contribution in [0.15, 0.2) is 18.7 Å². The molecular formula is C12H19N3. The molecule has 2 unspecified atom stereocenters. The van der Waals surface area contributed by atoms with Gasteiger partial charge in [0.1, 0.15) is 6.33 Å². The average molecular weight is 205 g/mol. The minimum absolute atomic E-state index is 0.623. The molecule has 82 valence electrons. The zero-order chi connectivity index (χ0) is 10.5. The van der Waals surface area contributed by atoms with Crippen molar-refractivity contribution in [3.05, 3.63) is 24.3 Å². The van der Waals surface area contributed by atoms with Gasteiger partial charge in [0.2, 0.25) is 0 Å². The lowest BCUT2D eigenvalue weighted by Crippen LogP contribution is -2.31. The molecule has 3 heteroatoms. The second-order valence-electron chi connectivity index (χ2n) is 4.27. The van der Waals surface area contributed by atoms with Crippen LogP contribution in [-0.2, 0) is 0 Å². The van der Waals surface area contributed by atoms with Gasteiger partial charge < -0.3 is 5.32 Å². The zero-order valence-electron chi connectivity index (χ0n) is 9.32. The highest BCUT2D eigenvalue weighted by Gasteiger charge is 2.28. The lowest BCUT2D eigenvalue weighted by atomic mass is 9.96. The minimum Gasteiger partial charge on any atom is -0.313 e. The molecule has 1 aromatic rings. The SMILES string of the molecule is CCCNC1CCCC1c1cncnc1. The molecule has 2 rings (SSSR count). The summed E-state index contributed by atoms with van der Waals surface area (Å²) in [5.74, 6) is 0.623. The fourth-order valence-electron chi connectivity index (χ4n) is 2.44. The third kappa shape index (κ3) is 2.53. The van der Waals surface area contributed by atoms with Gasteiger partial charge in [0.15, 0.2) is 0 Å². The van der Waals surface area contributed by atoms with Crippen molar-refractivity contribution in [2.24, 2.45) is 0 Å². The predicted molar refractivity (Wildman–Crippen MR) is 60.7 cm³/mol. The molecule has 1 aliphatic carbocycles. The monoisotopic (exact) mass is 205 g/mol. The van der Waals surface area contributed by atoms with Gasteiger partial charge in [-0.2, -0.15) is 0 Å². The number of rotatable bonds is 4. The maximum atomic E-state index is 4.11. The number of hydrogen-bond donors (Lipinski definition) is 1. The first-order chi connectivity index (χ1) is 7.42. The van der Waals surface area contributed by atoms with Crippen molar-refractivity contribution in [1.82, 2.24) is 15.3 Å². The summed E-state index contributed by atoms with van der Waals surface area (Å²) >= 11 is 0. The van der Waals surface area contributed by atoms with Crippen LogP contribution < -0.4 is 5.32 Å². The van der Waals surface area contributed by atoms with E-state index in [1.165, 1.54) is 31.2 Å². The summed E-state index contributed by atoms with van der Waals surface area (Å²) in [6.07, 6.45) is 10.6. The Hall–Kier alpha value is -0.960. The third-order valence-electron chi connectivity index (χ3n) is 3.18. The highest BCUT2D eigenvalue weighted by Crippen LogP contribution is 2.33. The van der Waals surface area contributed by atoms with E-state index in [1.54, 1.807) is 6.33 Å². The van der Waals surface area contributed by atoms with E-state index in [0.717, 1.165) is 6.54 Å². The van der Waals surface area contributed by atoms with Crippen LogP contribution >= 0.6 is 0 Å². The van der Waals surface area contributed by atoms with Gasteiger partial charge in [-0.15, -0.1) is 0 Å². The molecule has 1 N–H and O–H groups in total. The molecule has 0 radical (unpaired) electrons. The van der Waals surface area contributed by atoms with Gasteiger partial charge >= 0.3 is 0 Å². The van der Waals surface area contributed by atoms with E-state index in [0.29, 0.717) is 12.0 Å². The highest BCUT2D eigenvalue weighted by molar-refractivity contribution is 5.15. The standard InChI is InChI=1S/C12H19N3/c1-2-6-15-12-5-3-4-11(12)10-7-13-9-14-8-10/h7-9,11-12,15H,2-6H2,1H3. The predicted octanol–water partition coefficient (Wildman–Crippen LogP) is 2.11. The summed E-state index contributed by atoms with van der Waals surface area (Å²) < 4.78 is 0. The van der Waals surface area contributed by atoms with Crippen molar-refractivity contribution < 1.29 is 0 Å². The molecule has 15 heavy (non-hydrogen) atoms. The molecule has 1 heterocycles. The number of nitrogens with one attached hydrogen (secondary N) is 1. The van der Waals surface area contributed by atoms with Crippen molar-refractivity contribution in [1.29, 1.82) is 0 Å². The second kappa shape index (κ2) is 5.21. The lowest BCUT2D eigenvalue weighted by Gasteiger charge is -2.20. The average Bonchev–Trinajstić information content (AvgIpc) is 2.75. The van der Waals surface area contributed by atoms with Crippen molar-refractivity contribution in [2.75, 3.05) is 6.54 Å². The quantitative estimate of drug-likeness (QED) is 0.818. The van der Waals surface area contributed by atoms with E-state index in [2.05, 4.69) is 22.2 Å². The first-order valence-electron chi connectivity index (χ1n) is 5.90. The molecule has 1 saturated carbocycles. The van der Waals surface area contributed by atoms with Gasteiger partial charge in [-0.25, -0.2) is 9.97 Å². The van der Waals surface area contributed by atoms with Gasteiger partial charge in [0.25, 0.3) is 0 Å². The molecule has 1 aromatic heterocycles. The molecule has 2 atom stereocenters. The molecule has 0 saturated heterocycles. The van der Waals surface area contributed by atoms with Crippen LogP contribution in [0.3, 0.4) is 0 Å². The smallest absolute Gasteiger partial charge is 0.115 e. The Bertz CT molecular complexity index is 286. The fourth-order valence-corrected chi connectivity index (χ4v) is 2.44. The zero-order valence-corrected chi connectivity index (χ0v) is 9.32. The molecule has 0 bridgehead atoms. The van der Waals surface area contributed by atoms with Crippen molar-refractivity contribution >= 4 is 0 Å². The Labute approximate surface area is 91.3 Å². The van der Waals surface area contributed by atoms with Crippen LogP contribution in [0.4, 0.5) is 0 Å². The van der Waals surface area contributed by atoms with E-state index in [1.807, 2.05) is 12.4 Å². The van der Waals surface area contributed by atoms with Crippen LogP contribution in [0.2, 0.25) is 0 Å². The molecule has 1 aliphatic rings. The van der Waals surface area contributed by atoms with E-state index in [9.17, 15) is 0 Å². The first-order valence-corrected chi connectivity index (χ1v) is 5.90. The number of nitrogens with zero attached hydrogens (tertiary/aromatic N) is 2. The summed E-state index contributed by atoms with van der Waals surface area (Å²) in [4.78, 5) is 8.21. The van der Waals surface area contributed by atoms with Gasteiger partial charge in [-0.1, -0.05) is 13.3 Å². The first kappa shape index (κ1) is 10.6. The molecule has 0 aliphatic heterocycles. The summed E-state index contributed by atoms with van der Waals surface area (Å²) in [5.41, 5.74) is 1.30. The molecule has 0 amide bonds. The van der Waals surface area contributed by atoms with Gasteiger partial charge in [0.05, 0.1) is 0 Å². The van der Waals surface area contributed by atoms with E-state index in [4.69, 9.17) is 0 Å². The fraction of sp³-hybridized carbons (Fsp3) is 0.667. The molecule has 1 fully saturated rings. The number of aromatic nitrogens is 2. The summed E-state index contributed by atoms with van der Waals surface area (Å²) in [6, 6.07) is 0.635. The Balaban J connectivity index is 2.01. The van der Waals surface area contributed by atoms with Gasteiger partial charge in [-0.3, -0.25) is 0 Å². The summed E-state index contributed by atoms with van der Waals surface area (Å²) in [5, 5.41) is 3.62. The topological polar surface area (TPSA) is 37.8 Å². The minimum atomic E-state index is 0.623. The van der Waals surface area contributed by atoms with E-state index >= 15 is 0 Å². The Morgan fingerprint density at radius 3 is 2.87 bits per heavy atom. The Morgan fingerprint density at radius 2 is 2.13 bits per heavy atom. The maximum absolute atomic E-state index is 4.11. The van der Waals surface area contributed by atoms with Crippen LogP contribution in [0.25, 0.3) is 0 Å². The van der Waals surface area contributed by atoms with Gasteiger partial charge in [0, 0.05) is 24.4 Å². The van der Waals surface area contributed by atoms with Crippen molar-refractivity contribution in [2.45, 2.75) is 44.6 Å². The van der Waals surface area contributed by atoms with Crippen molar-refractivity contribution in [3.63, 3.8) is 0 Å². The van der Waals surface area contributed by atoms with E-state index in [-0.39, 0.29) is 0 Å². The summed E-state index contributed by atoms with van der Waals surface area (Å²) in [7, 11) is 0.